The minimum atomic E-state index is 0.157. The van der Waals surface area contributed by atoms with Gasteiger partial charge in [0.2, 0.25) is 5.91 Å². The number of aryl methyl sites for hydroxylation is 1. The normalized spacial score (nSPS) is 15.6. The van der Waals surface area contributed by atoms with Crippen LogP contribution in [0.25, 0.3) is 11.0 Å². The number of H-pyrrole nitrogens is 1. The van der Waals surface area contributed by atoms with E-state index in [1.165, 1.54) is 0 Å². The van der Waals surface area contributed by atoms with Gasteiger partial charge in [-0.2, -0.15) is 0 Å². The maximum atomic E-state index is 12.2. The largest absolute Gasteiger partial charge is 0.378 e. The van der Waals surface area contributed by atoms with E-state index in [4.69, 9.17) is 17.0 Å². The molecule has 1 fully saturated rings. The molecule has 2 heterocycles. The first-order chi connectivity index (χ1) is 10.1. The second-order valence-electron chi connectivity index (χ2n) is 4.99. The first kappa shape index (κ1) is 14.7. The highest BCUT2D eigenvalue weighted by atomic mass is 79.9. The average molecular weight is 370 g/mol. The van der Waals surface area contributed by atoms with Crippen LogP contribution in [0.15, 0.2) is 22.7 Å². The Balaban J connectivity index is 1.75. The predicted molar refractivity (Wildman–Crippen MR) is 86.8 cm³/mol. The number of amides is 1. The lowest BCUT2D eigenvalue weighted by Gasteiger charge is -2.26. The van der Waals surface area contributed by atoms with Crippen LogP contribution in [0.1, 0.15) is 6.42 Å². The molecule has 1 N–H and O–H groups in total. The molecule has 0 radical (unpaired) electrons. The first-order valence-corrected chi connectivity index (χ1v) is 8.09. The Bertz CT molecular complexity index is 719. The Kier molecular flexibility index (Phi) is 4.42. The van der Waals surface area contributed by atoms with Gasteiger partial charge < -0.3 is 19.2 Å². The molecule has 112 valence electrons. The summed E-state index contributed by atoms with van der Waals surface area (Å²) < 4.78 is 8.89. The van der Waals surface area contributed by atoms with Crippen molar-refractivity contribution in [2.75, 3.05) is 26.3 Å². The molecule has 1 aromatic carbocycles. The Labute approximate surface area is 136 Å². The highest BCUT2D eigenvalue weighted by Crippen LogP contribution is 2.20. The van der Waals surface area contributed by atoms with Crippen LogP contribution in [-0.4, -0.2) is 46.7 Å². The molecular weight excluding hydrogens is 354 g/mol. The van der Waals surface area contributed by atoms with Crippen LogP contribution in [0.2, 0.25) is 0 Å². The van der Waals surface area contributed by atoms with Gasteiger partial charge in [-0.05, 0) is 30.4 Å². The fraction of sp³-hybridized carbons (Fsp3) is 0.429. The molecule has 0 bridgehead atoms. The molecule has 0 saturated carbocycles. The van der Waals surface area contributed by atoms with Crippen molar-refractivity contribution in [3.63, 3.8) is 0 Å². The van der Waals surface area contributed by atoms with Gasteiger partial charge in [0.1, 0.15) is 0 Å². The summed E-state index contributed by atoms with van der Waals surface area (Å²) in [6, 6.07) is 5.97. The van der Waals surface area contributed by atoms with Gasteiger partial charge in [-0.25, -0.2) is 0 Å². The molecule has 1 aliphatic rings. The zero-order valence-electron chi connectivity index (χ0n) is 11.5. The summed E-state index contributed by atoms with van der Waals surface area (Å²) in [5.74, 6) is 0.157. The molecule has 3 rings (SSSR count). The molecule has 0 atom stereocenters. The molecule has 0 unspecified atom stereocenters. The highest BCUT2D eigenvalue weighted by Gasteiger charge is 2.17. The summed E-state index contributed by atoms with van der Waals surface area (Å²) in [6.07, 6.45) is 0.452. The van der Waals surface area contributed by atoms with E-state index in [9.17, 15) is 4.79 Å². The lowest BCUT2D eigenvalue weighted by atomic mass is 10.3. The van der Waals surface area contributed by atoms with Crippen LogP contribution in [0.5, 0.6) is 0 Å². The predicted octanol–water partition coefficient (Wildman–Crippen LogP) is 2.71. The summed E-state index contributed by atoms with van der Waals surface area (Å²) in [4.78, 5) is 17.2. The topological polar surface area (TPSA) is 50.3 Å². The molecule has 0 spiro atoms. The van der Waals surface area contributed by atoms with Crippen molar-refractivity contribution in [2.45, 2.75) is 13.0 Å². The van der Waals surface area contributed by atoms with Gasteiger partial charge in [-0.15, -0.1) is 0 Å². The number of nitrogens with one attached hydrogen (secondary N) is 1. The van der Waals surface area contributed by atoms with E-state index in [0.717, 1.165) is 15.5 Å². The molecule has 1 saturated heterocycles. The Hall–Kier alpha value is -1.18. The van der Waals surface area contributed by atoms with Crippen LogP contribution in [0, 0.1) is 4.77 Å². The van der Waals surface area contributed by atoms with Gasteiger partial charge in [0.25, 0.3) is 0 Å². The number of aromatic nitrogens is 2. The molecule has 0 aliphatic carbocycles. The van der Waals surface area contributed by atoms with Crippen LogP contribution in [0.3, 0.4) is 0 Å². The van der Waals surface area contributed by atoms with Gasteiger partial charge in [-0.1, -0.05) is 15.9 Å². The summed E-state index contributed by atoms with van der Waals surface area (Å²) in [5.41, 5.74) is 2.01. The van der Waals surface area contributed by atoms with Crippen LogP contribution >= 0.6 is 28.1 Å². The average Bonchev–Trinajstić information content (AvgIpc) is 2.80. The van der Waals surface area contributed by atoms with Crippen molar-refractivity contribution in [3.8, 4) is 0 Å². The Morgan fingerprint density at radius 2 is 2.14 bits per heavy atom. The zero-order chi connectivity index (χ0) is 14.8. The summed E-state index contributed by atoms with van der Waals surface area (Å²) >= 11 is 8.82. The second-order valence-corrected chi connectivity index (χ2v) is 6.29. The van der Waals surface area contributed by atoms with Gasteiger partial charge >= 0.3 is 0 Å². The van der Waals surface area contributed by atoms with Gasteiger partial charge in [-0.3, -0.25) is 4.79 Å². The smallest absolute Gasteiger partial charge is 0.224 e. The number of rotatable bonds is 3. The van der Waals surface area contributed by atoms with Crippen molar-refractivity contribution >= 4 is 45.1 Å². The summed E-state index contributed by atoms with van der Waals surface area (Å²) in [6.45, 7) is 3.22. The van der Waals surface area contributed by atoms with E-state index in [1.807, 2.05) is 27.7 Å². The fourth-order valence-corrected chi connectivity index (χ4v) is 3.17. The number of hydrogen-bond acceptors (Lipinski definition) is 3. The standard InChI is InChI=1S/C14H16BrN3O2S/c15-10-1-2-11-12(9-10)18(14(21)16-11)4-3-13(19)17-5-7-20-8-6-17/h1-2,9H,3-8H2,(H,16,21). The molecular formula is C14H16BrN3O2S. The Morgan fingerprint density at radius 3 is 2.90 bits per heavy atom. The molecule has 1 aromatic heterocycles. The number of nitrogens with zero attached hydrogens (tertiary/aromatic N) is 2. The fourth-order valence-electron chi connectivity index (χ4n) is 2.53. The number of aromatic amines is 1. The monoisotopic (exact) mass is 369 g/mol. The number of halogens is 1. The summed E-state index contributed by atoms with van der Waals surface area (Å²) in [5, 5.41) is 0. The molecule has 21 heavy (non-hydrogen) atoms. The molecule has 7 heteroatoms. The molecule has 5 nitrogen and oxygen atoms in total. The maximum Gasteiger partial charge on any atom is 0.224 e. The third-order valence-electron chi connectivity index (χ3n) is 3.65. The third-order valence-corrected chi connectivity index (χ3v) is 4.47. The number of ether oxygens (including phenoxy) is 1. The van der Waals surface area contributed by atoms with Crippen LogP contribution in [-0.2, 0) is 16.1 Å². The SMILES string of the molecule is O=C(CCn1c(=S)[nH]c2ccc(Br)cc21)N1CCOCC1. The minimum absolute atomic E-state index is 0.157. The second kappa shape index (κ2) is 6.29. The van der Waals surface area contributed by atoms with E-state index >= 15 is 0 Å². The van der Waals surface area contributed by atoms with Crippen molar-refractivity contribution in [1.29, 1.82) is 0 Å². The highest BCUT2D eigenvalue weighted by molar-refractivity contribution is 9.10. The van der Waals surface area contributed by atoms with E-state index in [1.54, 1.807) is 0 Å². The van der Waals surface area contributed by atoms with E-state index in [-0.39, 0.29) is 5.91 Å². The number of imidazole rings is 1. The number of carbonyl (C=O) groups is 1. The first-order valence-electron chi connectivity index (χ1n) is 6.89. The minimum Gasteiger partial charge on any atom is -0.378 e. The number of fused-ring (bicyclic) bond motifs is 1. The van der Waals surface area contributed by atoms with Gasteiger partial charge in [0.05, 0.1) is 24.2 Å². The Morgan fingerprint density at radius 1 is 1.38 bits per heavy atom. The van der Waals surface area contributed by atoms with Crippen molar-refractivity contribution in [3.05, 3.63) is 27.4 Å². The van der Waals surface area contributed by atoms with Crippen molar-refractivity contribution in [2.24, 2.45) is 0 Å². The number of hydrogen-bond donors (Lipinski definition) is 1. The molecule has 1 amide bonds. The molecule has 2 aromatic rings. The number of carbonyl (C=O) groups excluding carboxylic acids is 1. The van der Waals surface area contributed by atoms with Crippen LogP contribution < -0.4 is 0 Å². The summed E-state index contributed by atoms with van der Waals surface area (Å²) in [7, 11) is 0. The number of benzene rings is 1. The lowest BCUT2D eigenvalue weighted by Crippen LogP contribution is -2.40. The van der Waals surface area contributed by atoms with Crippen molar-refractivity contribution in [1.82, 2.24) is 14.5 Å². The van der Waals surface area contributed by atoms with Gasteiger partial charge in [0.15, 0.2) is 4.77 Å². The lowest BCUT2D eigenvalue weighted by molar-refractivity contribution is -0.135. The quantitative estimate of drug-likeness (QED) is 0.846. The molecule has 1 aliphatic heterocycles. The van der Waals surface area contributed by atoms with Crippen molar-refractivity contribution < 1.29 is 9.53 Å². The number of morpholine rings is 1. The maximum absolute atomic E-state index is 12.2. The third kappa shape index (κ3) is 3.20. The van der Waals surface area contributed by atoms with E-state index in [2.05, 4.69) is 20.9 Å². The van der Waals surface area contributed by atoms with Crippen LogP contribution in [0.4, 0.5) is 0 Å². The van der Waals surface area contributed by atoms with E-state index in [0.29, 0.717) is 44.0 Å². The zero-order valence-corrected chi connectivity index (χ0v) is 13.9. The van der Waals surface area contributed by atoms with E-state index < -0.39 is 0 Å². The van der Waals surface area contributed by atoms with Gasteiger partial charge in [0, 0.05) is 30.5 Å².